The van der Waals surface area contributed by atoms with Gasteiger partial charge in [0.2, 0.25) is 0 Å². The van der Waals surface area contributed by atoms with Gasteiger partial charge in [0.1, 0.15) is 0 Å². The third kappa shape index (κ3) is 4.39. The maximum Gasteiger partial charge on any atom is 0.0740 e. The third-order valence-electron chi connectivity index (χ3n) is 10.5. The van der Waals surface area contributed by atoms with E-state index in [2.05, 4.69) is 38.7 Å². The van der Waals surface area contributed by atoms with Crippen LogP contribution in [0.15, 0.2) is 22.8 Å². The standard InChI is InChI=1S/C29H46ClNO2/c1-18-13-27-28(31(16-18)12-11-30)19(2)5-7-23-24-8-6-21-14-22(32)9-10-29(21,4)26(24)15-25(23)20(3)17-33-27/h6,18-19,22-24,26-28,32H,5,7-17H2,1-4H3/b25-20-/t18-,19-,22-,23-,24-,26-,27+,28-,29-/m0/s1. The maximum absolute atomic E-state index is 10.3. The Hall–Kier alpha value is -0.350. The molecule has 33 heavy (non-hydrogen) atoms. The molecule has 0 spiro atoms. The summed E-state index contributed by atoms with van der Waals surface area (Å²) in [6.07, 6.45) is 12.0. The van der Waals surface area contributed by atoms with Gasteiger partial charge in [-0.25, -0.2) is 0 Å². The Labute approximate surface area is 207 Å². The fraction of sp³-hybridized carbons (Fsp3) is 0.862. The number of ether oxygens (including phenoxy) is 1. The number of hydrogen-bond donors (Lipinski definition) is 1. The average molecular weight is 476 g/mol. The topological polar surface area (TPSA) is 32.7 Å². The summed E-state index contributed by atoms with van der Waals surface area (Å²) < 4.78 is 6.77. The van der Waals surface area contributed by atoms with Crippen molar-refractivity contribution in [3.05, 3.63) is 22.8 Å². The van der Waals surface area contributed by atoms with Crippen molar-refractivity contribution in [1.82, 2.24) is 4.90 Å². The molecule has 1 N–H and O–H groups in total. The van der Waals surface area contributed by atoms with Crippen LogP contribution in [0, 0.1) is 35.0 Å². The van der Waals surface area contributed by atoms with Crippen LogP contribution in [0.4, 0.5) is 0 Å². The van der Waals surface area contributed by atoms with Crippen LogP contribution >= 0.6 is 11.6 Å². The van der Waals surface area contributed by atoms with Gasteiger partial charge in [-0.05, 0) is 98.9 Å². The Balaban J connectivity index is 1.42. The highest BCUT2D eigenvalue weighted by Gasteiger charge is 2.53. The number of piperidine rings is 1. The first-order valence-electron chi connectivity index (χ1n) is 13.8. The van der Waals surface area contributed by atoms with Crippen LogP contribution in [0.3, 0.4) is 0 Å². The molecule has 2 saturated carbocycles. The van der Waals surface area contributed by atoms with E-state index in [0.717, 1.165) is 50.8 Å². The van der Waals surface area contributed by atoms with Crippen LogP contribution in [0.1, 0.15) is 79.1 Å². The Morgan fingerprint density at radius 3 is 2.82 bits per heavy atom. The van der Waals surface area contributed by atoms with Gasteiger partial charge in [-0.2, -0.15) is 0 Å². The molecular formula is C29H46ClNO2. The van der Waals surface area contributed by atoms with E-state index in [1.54, 1.807) is 11.1 Å². The molecule has 3 nitrogen and oxygen atoms in total. The van der Waals surface area contributed by atoms with E-state index in [4.69, 9.17) is 16.3 Å². The Morgan fingerprint density at radius 2 is 2.03 bits per heavy atom. The number of likely N-dealkylation sites (tertiary alicyclic amines) is 1. The molecular weight excluding hydrogens is 430 g/mol. The number of halogens is 1. The van der Waals surface area contributed by atoms with E-state index >= 15 is 0 Å². The number of allylic oxidation sites excluding steroid dienone is 2. The van der Waals surface area contributed by atoms with Gasteiger partial charge in [0, 0.05) is 25.0 Å². The van der Waals surface area contributed by atoms with Gasteiger partial charge in [-0.1, -0.05) is 38.0 Å². The predicted octanol–water partition coefficient (Wildman–Crippen LogP) is 6.20. The summed E-state index contributed by atoms with van der Waals surface area (Å²) in [6.45, 7) is 12.7. The van der Waals surface area contributed by atoms with Crippen molar-refractivity contribution in [2.75, 3.05) is 25.6 Å². The first kappa shape index (κ1) is 24.3. The first-order chi connectivity index (χ1) is 15.8. The molecule has 5 aliphatic rings. The van der Waals surface area contributed by atoms with E-state index in [0.29, 0.717) is 35.8 Å². The molecule has 0 bridgehead atoms. The van der Waals surface area contributed by atoms with Gasteiger partial charge in [0.05, 0.1) is 18.8 Å². The molecule has 4 heteroatoms. The summed E-state index contributed by atoms with van der Waals surface area (Å²) in [4.78, 5) is 2.65. The summed E-state index contributed by atoms with van der Waals surface area (Å²) in [5, 5.41) is 10.3. The van der Waals surface area contributed by atoms with E-state index in [1.807, 2.05) is 0 Å². The van der Waals surface area contributed by atoms with Gasteiger partial charge in [0.15, 0.2) is 0 Å². The normalized spacial score (nSPS) is 48.8. The highest BCUT2D eigenvalue weighted by atomic mass is 35.5. The van der Waals surface area contributed by atoms with E-state index < -0.39 is 0 Å². The highest BCUT2D eigenvalue weighted by molar-refractivity contribution is 6.18. The molecule has 0 radical (unpaired) electrons. The molecule has 0 aromatic heterocycles. The zero-order valence-electron chi connectivity index (χ0n) is 21.4. The molecule has 186 valence electrons. The Bertz CT molecular complexity index is 792. The molecule has 0 amide bonds. The summed E-state index contributed by atoms with van der Waals surface area (Å²) >= 11 is 6.23. The lowest BCUT2D eigenvalue weighted by atomic mass is 9.56. The van der Waals surface area contributed by atoms with Gasteiger partial charge in [0.25, 0.3) is 0 Å². The summed E-state index contributed by atoms with van der Waals surface area (Å²) in [7, 11) is 0. The highest BCUT2D eigenvalue weighted by Crippen LogP contribution is 2.62. The SMILES string of the molecule is C/C1=C2\C[C@H]3[C@@H](CC=C4C[C@@H](O)CC[C@@]43C)[C@@H]2CC[C@H](C)[C@H]2[C@@H](C[C@H](C)CN2CCCl)OC1. The van der Waals surface area contributed by atoms with Crippen LogP contribution in [0.5, 0.6) is 0 Å². The van der Waals surface area contributed by atoms with Crippen molar-refractivity contribution in [3.63, 3.8) is 0 Å². The largest absolute Gasteiger partial charge is 0.393 e. The van der Waals surface area contributed by atoms with Crippen LogP contribution in [0.25, 0.3) is 0 Å². The quantitative estimate of drug-likeness (QED) is 0.381. The molecule has 2 aliphatic heterocycles. The molecule has 0 unspecified atom stereocenters. The fourth-order valence-electron chi connectivity index (χ4n) is 8.77. The molecule has 1 saturated heterocycles. The lowest BCUT2D eigenvalue weighted by Crippen LogP contribution is -2.55. The summed E-state index contributed by atoms with van der Waals surface area (Å²) in [6, 6.07) is 0.502. The first-order valence-corrected chi connectivity index (χ1v) is 14.3. The number of hydrogen-bond acceptors (Lipinski definition) is 3. The smallest absolute Gasteiger partial charge is 0.0740 e. The Kier molecular flexibility index (Phi) is 7.08. The predicted molar refractivity (Wildman–Crippen MR) is 136 cm³/mol. The number of nitrogens with zero attached hydrogens (tertiary/aromatic N) is 1. The molecule has 0 aromatic carbocycles. The van der Waals surface area contributed by atoms with Gasteiger partial charge in [-0.3, -0.25) is 4.90 Å². The molecule has 0 aromatic rings. The number of fused-ring (bicyclic) bond motifs is 6. The van der Waals surface area contributed by atoms with Gasteiger partial charge in [-0.15, -0.1) is 11.6 Å². The van der Waals surface area contributed by atoms with Crippen molar-refractivity contribution in [1.29, 1.82) is 0 Å². The van der Waals surface area contributed by atoms with Crippen molar-refractivity contribution in [2.24, 2.45) is 35.0 Å². The third-order valence-corrected chi connectivity index (χ3v) is 10.7. The Morgan fingerprint density at radius 1 is 1.21 bits per heavy atom. The van der Waals surface area contributed by atoms with Crippen molar-refractivity contribution in [3.8, 4) is 0 Å². The van der Waals surface area contributed by atoms with Crippen molar-refractivity contribution >= 4 is 11.6 Å². The minimum Gasteiger partial charge on any atom is -0.393 e. The second-order valence-electron chi connectivity index (χ2n) is 12.6. The minimum absolute atomic E-state index is 0.125. The number of rotatable bonds is 2. The average Bonchev–Trinajstić information content (AvgIpc) is 3.16. The maximum atomic E-state index is 10.3. The lowest BCUT2D eigenvalue weighted by molar-refractivity contribution is -0.0703. The van der Waals surface area contributed by atoms with Crippen molar-refractivity contribution in [2.45, 2.75) is 97.3 Å². The number of alkyl halides is 1. The van der Waals surface area contributed by atoms with Crippen molar-refractivity contribution < 1.29 is 9.84 Å². The number of aliphatic hydroxyl groups excluding tert-OH is 1. The second-order valence-corrected chi connectivity index (χ2v) is 13.0. The summed E-state index contributed by atoms with van der Waals surface area (Å²) in [5.41, 5.74) is 5.10. The number of aliphatic hydroxyl groups is 1. The van der Waals surface area contributed by atoms with Gasteiger partial charge >= 0.3 is 0 Å². The second kappa shape index (κ2) is 9.60. The lowest BCUT2D eigenvalue weighted by Gasteiger charge is -2.49. The molecule has 3 fully saturated rings. The van der Waals surface area contributed by atoms with Crippen LogP contribution in [0.2, 0.25) is 0 Å². The molecule has 9 atom stereocenters. The zero-order chi connectivity index (χ0) is 23.3. The van der Waals surface area contributed by atoms with Gasteiger partial charge < -0.3 is 9.84 Å². The van der Waals surface area contributed by atoms with Crippen LogP contribution in [-0.2, 0) is 4.74 Å². The minimum atomic E-state index is -0.125. The van der Waals surface area contributed by atoms with Crippen LogP contribution < -0.4 is 0 Å². The van der Waals surface area contributed by atoms with E-state index in [1.165, 1.54) is 37.7 Å². The van der Waals surface area contributed by atoms with E-state index in [9.17, 15) is 5.11 Å². The fourth-order valence-corrected chi connectivity index (χ4v) is 8.98. The van der Waals surface area contributed by atoms with Crippen LogP contribution in [-0.4, -0.2) is 53.8 Å². The molecule has 3 aliphatic carbocycles. The summed E-state index contributed by atoms with van der Waals surface area (Å²) in [5.74, 6) is 4.24. The molecule has 5 rings (SSSR count). The monoisotopic (exact) mass is 475 g/mol. The zero-order valence-corrected chi connectivity index (χ0v) is 22.1. The molecule has 2 heterocycles. The van der Waals surface area contributed by atoms with E-state index in [-0.39, 0.29) is 11.5 Å².